The van der Waals surface area contributed by atoms with E-state index in [1.54, 1.807) is 12.3 Å². The minimum Gasteiger partial charge on any atom is -0.368 e. The Morgan fingerprint density at radius 1 is 1.27 bits per heavy atom. The molecule has 0 aromatic carbocycles. The summed E-state index contributed by atoms with van der Waals surface area (Å²) >= 11 is 9.00. The number of hydrogen-bond acceptors (Lipinski definition) is 5. The minimum absolute atomic E-state index is 0.0510. The van der Waals surface area contributed by atoms with E-state index in [1.165, 1.54) is 0 Å². The first kappa shape index (κ1) is 10.3. The monoisotopic (exact) mass is 285 g/mol. The highest BCUT2D eigenvalue weighted by Crippen LogP contribution is 2.23. The summed E-state index contributed by atoms with van der Waals surface area (Å²) in [7, 11) is 0. The van der Waals surface area contributed by atoms with Gasteiger partial charge < -0.3 is 5.73 Å². The van der Waals surface area contributed by atoms with Gasteiger partial charge in [-0.05, 0) is 39.7 Å². The van der Waals surface area contributed by atoms with Crippen molar-refractivity contribution >= 4 is 33.5 Å². The van der Waals surface area contributed by atoms with Crippen LogP contribution in [0.1, 0.15) is 0 Å². The van der Waals surface area contributed by atoms with Gasteiger partial charge in [0.2, 0.25) is 11.2 Å². The highest BCUT2D eigenvalue weighted by molar-refractivity contribution is 9.10. The van der Waals surface area contributed by atoms with E-state index in [2.05, 4.69) is 35.9 Å². The number of aromatic nitrogens is 4. The maximum atomic E-state index is 5.67. The quantitative estimate of drug-likeness (QED) is 0.866. The van der Waals surface area contributed by atoms with Crippen molar-refractivity contribution in [3.63, 3.8) is 0 Å². The van der Waals surface area contributed by atoms with E-state index in [-0.39, 0.29) is 11.2 Å². The number of hydrogen-bond donors (Lipinski definition) is 1. The number of nitrogen functional groups attached to an aromatic ring is 1. The first-order valence-corrected chi connectivity index (χ1v) is 5.12. The predicted molar refractivity (Wildman–Crippen MR) is 60.2 cm³/mol. The Kier molecular flexibility index (Phi) is 2.79. The van der Waals surface area contributed by atoms with Gasteiger partial charge in [-0.3, -0.25) is 4.98 Å². The molecule has 76 valence electrons. The topological polar surface area (TPSA) is 77.6 Å². The highest BCUT2D eigenvalue weighted by Gasteiger charge is 2.09. The van der Waals surface area contributed by atoms with Crippen LogP contribution in [0.4, 0.5) is 5.95 Å². The van der Waals surface area contributed by atoms with Gasteiger partial charge in [-0.1, -0.05) is 0 Å². The molecule has 2 aromatic heterocycles. The molecule has 0 bridgehead atoms. The largest absolute Gasteiger partial charge is 0.368 e. The summed E-state index contributed by atoms with van der Waals surface area (Å²) in [6.07, 6.45) is 1.63. The molecule has 2 N–H and O–H groups in total. The molecule has 0 aliphatic carbocycles. The Hall–Kier alpha value is -1.27. The Morgan fingerprint density at radius 3 is 2.73 bits per heavy atom. The second-order valence-electron chi connectivity index (χ2n) is 2.62. The van der Waals surface area contributed by atoms with Gasteiger partial charge in [0, 0.05) is 10.7 Å². The van der Waals surface area contributed by atoms with Crippen molar-refractivity contribution in [1.29, 1.82) is 0 Å². The molecule has 2 rings (SSSR count). The maximum Gasteiger partial charge on any atom is 0.227 e. The molecule has 0 aliphatic rings. The van der Waals surface area contributed by atoms with Gasteiger partial charge in [-0.2, -0.15) is 15.0 Å². The van der Waals surface area contributed by atoms with Crippen molar-refractivity contribution in [1.82, 2.24) is 19.9 Å². The molecule has 0 atom stereocenters. The normalized spacial score (nSPS) is 10.3. The molecule has 2 heterocycles. The maximum absolute atomic E-state index is 5.67. The SMILES string of the molecule is Nc1nc(Cl)nc(-c2ncccc2Br)n1. The van der Waals surface area contributed by atoms with Gasteiger partial charge in [0.05, 0.1) is 0 Å². The molecule has 0 fully saturated rings. The van der Waals surface area contributed by atoms with Crippen LogP contribution in [-0.2, 0) is 0 Å². The van der Waals surface area contributed by atoms with E-state index in [0.29, 0.717) is 11.5 Å². The lowest BCUT2D eigenvalue weighted by Gasteiger charge is -2.02. The van der Waals surface area contributed by atoms with E-state index >= 15 is 0 Å². The molecular weight excluding hydrogens is 281 g/mol. The van der Waals surface area contributed by atoms with Gasteiger partial charge >= 0.3 is 0 Å². The lowest BCUT2D eigenvalue weighted by molar-refractivity contribution is 1.05. The van der Waals surface area contributed by atoms with Crippen LogP contribution in [-0.4, -0.2) is 19.9 Å². The van der Waals surface area contributed by atoms with Crippen LogP contribution in [0.15, 0.2) is 22.8 Å². The number of anilines is 1. The van der Waals surface area contributed by atoms with E-state index in [1.807, 2.05) is 6.07 Å². The zero-order chi connectivity index (χ0) is 10.8. The zero-order valence-corrected chi connectivity index (χ0v) is 9.70. The summed E-state index contributed by atoms with van der Waals surface area (Å²) in [5.41, 5.74) is 6.03. The Bertz CT molecular complexity index is 484. The smallest absolute Gasteiger partial charge is 0.227 e. The van der Waals surface area contributed by atoms with Crippen LogP contribution in [0, 0.1) is 0 Å². The predicted octanol–water partition coefficient (Wildman–Crippen LogP) is 1.93. The first-order chi connectivity index (χ1) is 7.16. The number of nitrogens with zero attached hydrogens (tertiary/aromatic N) is 4. The third kappa shape index (κ3) is 2.21. The molecule has 5 nitrogen and oxygen atoms in total. The van der Waals surface area contributed by atoms with Crippen molar-refractivity contribution < 1.29 is 0 Å². The van der Waals surface area contributed by atoms with E-state index in [9.17, 15) is 0 Å². The first-order valence-electron chi connectivity index (χ1n) is 3.95. The highest BCUT2D eigenvalue weighted by atomic mass is 79.9. The average molecular weight is 287 g/mol. The second-order valence-corrected chi connectivity index (χ2v) is 3.81. The number of rotatable bonds is 1. The van der Waals surface area contributed by atoms with Crippen molar-refractivity contribution in [2.45, 2.75) is 0 Å². The molecule has 7 heteroatoms. The summed E-state index contributed by atoms with van der Waals surface area (Å²) in [5.74, 6) is 0.419. The molecule has 0 spiro atoms. The van der Waals surface area contributed by atoms with Crippen LogP contribution in [0.2, 0.25) is 5.28 Å². The average Bonchev–Trinajstić information content (AvgIpc) is 2.16. The van der Waals surface area contributed by atoms with E-state index < -0.39 is 0 Å². The Morgan fingerprint density at radius 2 is 2.07 bits per heavy atom. The van der Waals surface area contributed by atoms with Crippen LogP contribution >= 0.6 is 27.5 Å². The standard InChI is InChI=1S/C8H5BrClN5/c9-4-2-1-3-12-5(4)6-13-7(10)15-8(11)14-6/h1-3H,(H2,11,13,14,15). The summed E-state index contributed by atoms with van der Waals surface area (Å²) in [6.45, 7) is 0. The number of halogens is 2. The van der Waals surface area contributed by atoms with Crippen molar-refractivity contribution in [2.24, 2.45) is 0 Å². The van der Waals surface area contributed by atoms with E-state index in [0.717, 1.165) is 4.47 Å². The molecule has 0 radical (unpaired) electrons. The van der Waals surface area contributed by atoms with Crippen LogP contribution in [0.3, 0.4) is 0 Å². The fourth-order valence-electron chi connectivity index (χ4n) is 1.02. The van der Waals surface area contributed by atoms with Crippen molar-refractivity contribution in [2.75, 3.05) is 5.73 Å². The summed E-state index contributed by atoms with van der Waals surface area (Å²) < 4.78 is 0.770. The lowest BCUT2D eigenvalue weighted by atomic mass is 10.3. The number of pyridine rings is 1. The Labute approximate surface area is 98.9 Å². The molecule has 0 amide bonds. The molecule has 0 saturated carbocycles. The van der Waals surface area contributed by atoms with Crippen LogP contribution in [0.5, 0.6) is 0 Å². The van der Waals surface area contributed by atoms with Crippen LogP contribution < -0.4 is 5.73 Å². The summed E-state index contributed by atoms with van der Waals surface area (Å²) in [6, 6.07) is 3.62. The molecule has 2 aromatic rings. The van der Waals surface area contributed by atoms with Crippen molar-refractivity contribution in [3.8, 4) is 11.5 Å². The molecule has 0 saturated heterocycles. The van der Waals surface area contributed by atoms with Gasteiger partial charge in [-0.15, -0.1) is 0 Å². The minimum atomic E-state index is 0.0510. The van der Waals surface area contributed by atoms with Crippen LogP contribution in [0.25, 0.3) is 11.5 Å². The molecule has 0 aliphatic heterocycles. The Balaban J connectivity index is 2.59. The zero-order valence-electron chi connectivity index (χ0n) is 7.35. The summed E-state index contributed by atoms with van der Waals surface area (Å²) in [5, 5.41) is 0.0510. The lowest BCUT2D eigenvalue weighted by Crippen LogP contribution is -2.01. The van der Waals surface area contributed by atoms with Gasteiger partial charge in [0.25, 0.3) is 0 Å². The third-order valence-corrected chi connectivity index (χ3v) is 2.40. The van der Waals surface area contributed by atoms with Gasteiger partial charge in [0.1, 0.15) is 5.69 Å². The summed E-state index contributed by atoms with van der Waals surface area (Å²) in [4.78, 5) is 15.7. The third-order valence-electron chi connectivity index (χ3n) is 1.60. The van der Waals surface area contributed by atoms with Gasteiger partial charge in [-0.25, -0.2) is 0 Å². The fraction of sp³-hybridized carbons (Fsp3) is 0. The van der Waals surface area contributed by atoms with E-state index in [4.69, 9.17) is 17.3 Å². The molecule has 15 heavy (non-hydrogen) atoms. The number of nitrogens with two attached hydrogens (primary N) is 1. The fourth-order valence-corrected chi connectivity index (χ4v) is 1.62. The second kappa shape index (κ2) is 4.08. The molecule has 0 unspecified atom stereocenters. The van der Waals surface area contributed by atoms with Crippen molar-refractivity contribution in [3.05, 3.63) is 28.1 Å². The van der Waals surface area contributed by atoms with Gasteiger partial charge in [0.15, 0.2) is 5.82 Å². The molecular formula is C8H5BrClN5.